The number of esters is 1. The molecule has 0 aromatic heterocycles. The molecule has 1 aromatic carbocycles. The normalized spacial score (nSPS) is 22.0. The summed E-state index contributed by atoms with van der Waals surface area (Å²) in [6, 6.07) is 10.1. The average Bonchev–Trinajstić information content (AvgIpc) is 2.80. The van der Waals surface area contributed by atoms with E-state index in [0.717, 1.165) is 25.9 Å². The Morgan fingerprint density at radius 2 is 2.00 bits per heavy atom. The first-order chi connectivity index (χ1) is 10.0. The van der Waals surface area contributed by atoms with Crippen LogP contribution in [0.3, 0.4) is 0 Å². The molecule has 1 N–H and O–H groups in total. The largest absolute Gasteiger partial charge is 0.462 e. The van der Waals surface area contributed by atoms with E-state index < -0.39 is 5.66 Å². The lowest BCUT2D eigenvalue weighted by molar-refractivity contribution is -0.148. The van der Waals surface area contributed by atoms with Crippen LogP contribution in [0.25, 0.3) is 0 Å². The van der Waals surface area contributed by atoms with Gasteiger partial charge in [0.15, 0.2) is 0 Å². The molecule has 1 heterocycles. The van der Waals surface area contributed by atoms with Gasteiger partial charge in [-0.3, -0.25) is 14.5 Å². The summed E-state index contributed by atoms with van der Waals surface area (Å²) in [5, 5.41) is 2.99. The average molecular weight is 290 g/mol. The van der Waals surface area contributed by atoms with Gasteiger partial charge in [-0.15, -0.1) is 0 Å². The lowest BCUT2D eigenvalue weighted by Gasteiger charge is -2.38. The topological polar surface area (TPSA) is 58.6 Å². The number of likely N-dealkylation sites (tertiary alicyclic amines) is 1. The van der Waals surface area contributed by atoms with E-state index in [1.54, 1.807) is 0 Å². The van der Waals surface area contributed by atoms with Crippen LogP contribution in [0, 0.1) is 0 Å². The first-order valence-corrected chi connectivity index (χ1v) is 7.23. The van der Waals surface area contributed by atoms with Crippen molar-refractivity contribution in [3.63, 3.8) is 0 Å². The van der Waals surface area contributed by atoms with Crippen molar-refractivity contribution < 1.29 is 14.3 Å². The minimum Gasteiger partial charge on any atom is -0.462 e. The fourth-order valence-corrected chi connectivity index (χ4v) is 2.86. The maximum Gasteiger partial charge on any atom is 0.302 e. The Hall–Kier alpha value is -1.88. The standard InChI is InChI=1S/C16H22N2O3/c1-13(19)17-16(12-21-14(2)20)9-6-10-18(16)11-15-7-4-3-5-8-15/h3-5,7-8H,6,9-12H2,1-2H3,(H,17,19). The van der Waals surface area contributed by atoms with Crippen LogP contribution in [0.15, 0.2) is 30.3 Å². The first kappa shape index (κ1) is 15.5. The van der Waals surface area contributed by atoms with Gasteiger partial charge in [0.05, 0.1) is 0 Å². The van der Waals surface area contributed by atoms with Gasteiger partial charge in [-0.2, -0.15) is 0 Å². The molecule has 0 aliphatic carbocycles. The van der Waals surface area contributed by atoms with Crippen molar-refractivity contribution in [1.82, 2.24) is 10.2 Å². The molecule has 1 atom stereocenters. The van der Waals surface area contributed by atoms with Crippen molar-refractivity contribution in [3.8, 4) is 0 Å². The molecule has 0 bridgehead atoms. The summed E-state index contributed by atoms with van der Waals surface area (Å²) in [5.41, 5.74) is 0.588. The zero-order valence-corrected chi connectivity index (χ0v) is 12.6. The molecule has 114 valence electrons. The Balaban J connectivity index is 2.15. The number of hydrogen-bond acceptors (Lipinski definition) is 4. The molecule has 5 heteroatoms. The van der Waals surface area contributed by atoms with Crippen LogP contribution in [-0.4, -0.2) is 35.6 Å². The Bertz CT molecular complexity index is 504. The maximum atomic E-state index is 11.6. The number of nitrogens with zero attached hydrogens (tertiary/aromatic N) is 1. The van der Waals surface area contributed by atoms with Gasteiger partial charge in [0.1, 0.15) is 12.3 Å². The minimum absolute atomic E-state index is 0.109. The summed E-state index contributed by atoms with van der Waals surface area (Å²) in [6.45, 7) is 4.67. The summed E-state index contributed by atoms with van der Waals surface area (Å²) < 4.78 is 5.20. The number of hydrogen-bond donors (Lipinski definition) is 1. The van der Waals surface area contributed by atoms with Crippen molar-refractivity contribution in [3.05, 3.63) is 35.9 Å². The second-order valence-corrected chi connectivity index (χ2v) is 5.50. The Kier molecular flexibility index (Phi) is 4.96. The zero-order valence-electron chi connectivity index (χ0n) is 12.6. The number of rotatable bonds is 5. The van der Waals surface area contributed by atoms with Crippen LogP contribution >= 0.6 is 0 Å². The van der Waals surface area contributed by atoms with E-state index in [2.05, 4.69) is 22.3 Å². The van der Waals surface area contributed by atoms with E-state index in [0.29, 0.717) is 0 Å². The highest BCUT2D eigenvalue weighted by Gasteiger charge is 2.42. The number of benzene rings is 1. The number of carbonyl (C=O) groups is 2. The van der Waals surface area contributed by atoms with Crippen LogP contribution in [0.5, 0.6) is 0 Å². The number of carbonyl (C=O) groups excluding carboxylic acids is 2. The molecule has 1 saturated heterocycles. The summed E-state index contributed by atoms with van der Waals surface area (Å²) in [5.74, 6) is -0.437. The van der Waals surface area contributed by atoms with Crippen LogP contribution in [-0.2, 0) is 20.9 Å². The van der Waals surface area contributed by atoms with E-state index in [1.165, 1.54) is 19.4 Å². The number of amides is 1. The zero-order chi connectivity index (χ0) is 15.3. The van der Waals surface area contributed by atoms with Crippen LogP contribution in [0.1, 0.15) is 32.3 Å². The quantitative estimate of drug-likeness (QED) is 0.838. The molecule has 1 aliphatic rings. The molecule has 0 saturated carbocycles. The predicted octanol–water partition coefficient (Wildman–Crippen LogP) is 1.68. The third kappa shape index (κ3) is 4.04. The van der Waals surface area contributed by atoms with Crippen molar-refractivity contribution >= 4 is 11.9 Å². The number of ether oxygens (including phenoxy) is 1. The smallest absolute Gasteiger partial charge is 0.302 e. The summed E-state index contributed by atoms with van der Waals surface area (Å²) >= 11 is 0. The molecule has 0 radical (unpaired) electrons. The second-order valence-electron chi connectivity index (χ2n) is 5.50. The molecular weight excluding hydrogens is 268 g/mol. The van der Waals surface area contributed by atoms with Crippen molar-refractivity contribution in [1.29, 1.82) is 0 Å². The van der Waals surface area contributed by atoms with E-state index in [9.17, 15) is 9.59 Å². The second kappa shape index (κ2) is 6.72. The van der Waals surface area contributed by atoms with Gasteiger partial charge in [0.25, 0.3) is 0 Å². The monoisotopic (exact) mass is 290 g/mol. The highest BCUT2D eigenvalue weighted by molar-refractivity contribution is 5.74. The first-order valence-electron chi connectivity index (χ1n) is 7.23. The molecule has 21 heavy (non-hydrogen) atoms. The highest BCUT2D eigenvalue weighted by Crippen LogP contribution is 2.29. The lowest BCUT2D eigenvalue weighted by atomic mass is 10.1. The van der Waals surface area contributed by atoms with Crippen molar-refractivity contribution in [2.75, 3.05) is 13.2 Å². The third-order valence-electron chi connectivity index (χ3n) is 3.76. The molecule has 1 aliphatic heterocycles. The van der Waals surface area contributed by atoms with Gasteiger partial charge in [-0.1, -0.05) is 30.3 Å². The van der Waals surface area contributed by atoms with E-state index in [1.807, 2.05) is 18.2 Å². The summed E-state index contributed by atoms with van der Waals surface area (Å²) in [7, 11) is 0. The minimum atomic E-state index is -0.590. The highest BCUT2D eigenvalue weighted by atomic mass is 16.5. The fourth-order valence-electron chi connectivity index (χ4n) is 2.86. The SMILES string of the molecule is CC(=O)NC1(COC(C)=O)CCCN1Cc1ccccc1. The number of nitrogens with one attached hydrogen (secondary N) is 1. The van der Waals surface area contributed by atoms with E-state index >= 15 is 0 Å². The molecule has 5 nitrogen and oxygen atoms in total. The Labute approximate surface area is 125 Å². The van der Waals surface area contributed by atoms with Crippen LogP contribution in [0.2, 0.25) is 0 Å². The fraction of sp³-hybridized carbons (Fsp3) is 0.500. The Morgan fingerprint density at radius 1 is 1.29 bits per heavy atom. The molecule has 1 amide bonds. The van der Waals surface area contributed by atoms with Gasteiger partial charge in [0.2, 0.25) is 5.91 Å². The third-order valence-corrected chi connectivity index (χ3v) is 3.76. The van der Waals surface area contributed by atoms with Gasteiger partial charge in [-0.25, -0.2) is 0 Å². The summed E-state index contributed by atoms with van der Waals surface area (Å²) in [6.07, 6.45) is 1.75. The molecule has 2 rings (SSSR count). The van der Waals surface area contributed by atoms with Gasteiger partial charge in [0, 0.05) is 26.9 Å². The van der Waals surface area contributed by atoms with Gasteiger partial charge in [-0.05, 0) is 18.4 Å². The van der Waals surface area contributed by atoms with Gasteiger partial charge < -0.3 is 10.1 Å². The molecule has 1 aromatic rings. The maximum absolute atomic E-state index is 11.6. The molecular formula is C16H22N2O3. The van der Waals surface area contributed by atoms with Crippen LogP contribution < -0.4 is 5.32 Å². The molecule has 1 unspecified atom stereocenters. The van der Waals surface area contributed by atoms with Crippen LogP contribution in [0.4, 0.5) is 0 Å². The molecule has 1 fully saturated rings. The van der Waals surface area contributed by atoms with E-state index in [-0.39, 0.29) is 18.5 Å². The lowest BCUT2D eigenvalue weighted by Crippen LogP contribution is -2.59. The van der Waals surface area contributed by atoms with Crippen molar-refractivity contribution in [2.24, 2.45) is 0 Å². The van der Waals surface area contributed by atoms with Crippen molar-refractivity contribution in [2.45, 2.75) is 38.9 Å². The molecule has 0 spiro atoms. The predicted molar refractivity (Wildman–Crippen MR) is 79.3 cm³/mol. The van der Waals surface area contributed by atoms with Gasteiger partial charge >= 0.3 is 5.97 Å². The van der Waals surface area contributed by atoms with E-state index in [4.69, 9.17) is 4.74 Å². The Morgan fingerprint density at radius 3 is 2.62 bits per heavy atom. The summed E-state index contributed by atoms with van der Waals surface area (Å²) in [4.78, 5) is 24.9.